The lowest BCUT2D eigenvalue weighted by Gasteiger charge is -2.17. The van der Waals surface area contributed by atoms with Crippen molar-refractivity contribution in [2.24, 2.45) is 5.41 Å². The molecule has 0 N–H and O–H groups in total. The third-order valence-electron chi connectivity index (χ3n) is 2.88. The minimum atomic E-state index is -3.92. The zero-order valence-corrected chi connectivity index (χ0v) is 15.5. The summed E-state index contributed by atoms with van der Waals surface area (Å²) in [7, 11) is 1.45. The highest BCUT2D eigenvalue weighted by Crippen LogP contribution is 2.28. The van der Waals surface area contributed by atoms with Gasteiger partial charge in [0.1, 0.15) is 0 Å². The van der Waals surface area contributed by atoms with Crippen molar-refractivity contribution in [3.63, 3.8) is 0 Å². The van der Waals surface area contributed by atoms with Crippen molar-refractivity contribution in [2.45, 2.75) is 39.0 Å². The van der Waals surface area contributed by atoms with Crippen molar-refractivity contribution in [1.29, 1.82) is 0 Å². The van der Waals surface area contributed by atoms with Crippen molar-refractivity contribution in [3.05, 3.63) is 27.7 Å². The molecule has 0 bridgehead atoms. The van der Waals surface area contributed by atoms with Gasteiger partial charge in [-0.1, -0.05) is 36.7 Å². The van der Waals surface area contributed by atoms with E-state index in [0.29, 0.717) is 16.5 Å². The summed E-state index contributed by atoms with van der Waals surface area (Å²) in [4.78, 5) is 11.9. The minimum Gasteiger partial charge on any atom is -0.462 e. The van der Waals surface area contributed by atoms with E-state index in [1.54, 1.807) is 6.92 Å². The second-order valence-electron chi connectivity index (χ2n) is 5.97. The molecular weight excluding hydrogens is 380 g/mol. The lowest BCUT2D eigenvalue weighted by molar-refractivity contribution is 0.0464. The Morgan fingerprint density at radius 2 is 1.90 bits per heavy atom. The first kappa shape index (κ1) is 18.5. The average Bonchev–Trinajstić information content (AvgIpc) is 2.29. The number of ether oxygens (including phenoxy) is 1. The van der Waals surface area contributed by atoms with Gasteiger partial charge in [0.25, 0.3) is 9.05 Å². The van der Waals surface area contributed by atoms with Gasteiger partial charge in [-0.2, -0.15) is 0 Å². The van der Waals surface area contributed by atoms with E-state index in [1.807, 2.05) is 20.8 Å². The molecule has 0 aliphatic carbocycles. The van der Waals surface area contributed by atoms with Gasteiger partial charge in [0.15, 0.2) is 0 Å². The Bertz CT molecular complexity index is 648. The number of carbonyl (C=O) groups excluding carboxylic acids is 1. The zero-order valence-electron chi connectivity index (χ0n) is 12.4. The van der Waals surface area contributed by atoms with Crippen LogP contribution in [0.4, 0.5) is 0 Å². The second-order valence-corrected chi connectivity index (χ2v) is 9.35. The molecule has 0 radical (unpaired) electrons. The summed E-state index contributed by atoms with van der Waals surface area (Å²) < 4.78 is 28.7. The van der Waals surface area contributed by atoms with Crippen LogP contribution in [0.25, 0.3) is 0 Å². The first-order chi connectivity index (χ1) is 9.42. The molecule has 0 aliphatic rings. The van der Waals surface area contributed by atoms with Crippen LogP contribution in [-0.4, -0.2) is 21.0 Å². The van der Waals surface area contributed by atoms with E-state index in [0.717, 1.165) is 0 Å². The summed E-state index contributed by atoms with van der Waals surface area (Å²) in [5, 5.41) is 0. The minimum absolute atomic E-state index is 0.0543. The van der Waals surface area contributed by atoms with E-state index < -0.39 is 15.0 Å². The SMILES string of the molecule is Cc1c(Br)cc(C(=O)OCCC(C)(C)C)cc1S(=O)(=O)Cl. The van der Waals surface area contributed by atoms with Crippen LogP contribution in [0.15, 0.2) is 21.5 Å². The summed E-state index contributed by atoms with van der Waals surface area (Å²) in [6.45, 7) is 8.01. The smallest absolute Gasteiger partial charge is 0.338 e. The monoisotopic (exact) mass is 396 g/mol. The van der Waals surface area contributed by atoms with Gasteiger partial charge in [-0.25, -0.2) is 13.2 Å². The molecule has 1 aromatic carbocycles. The standard InChI is InChI=1S/C14H18BrClO4S/c1-9-11(15)7-10(8-12(9)21(16,18)19)13(17)20-6-5-14(2,3)4/h7-8H,5-6H2,1-4H3. The van der Waals surface area contributed by atoms with Gasteiger partial charge in [0, 0.05) is 15.2 Å². The number of hydrogen-bond donors (Lipinski definition) is 0. The van der Waals surface area contributed by atoms with Crippen molar-refractivity contribution in [2.75, 3.05) is 6.61 Å². The van der Waals surface area contributed by atoms with Crippen LogP contribution < -0.4 is 0 Å². The summed E-state index contributed by atoms with van der Waals surface area (Å²) >= 11 is 3.23. The van der Waals surface area contributed by atoms with Gasteiger partial charge in [0.2, 0.25) is 0 Å². The molecule has 0 saturated carbocycles. The van der Waals surface area contributed by atoms with Crippen LogP contribution in [0.3, 0.4) is 0 Å². The van der Waals surface area contributed by atoms with Crippen LogP contribution in [-0.2, 0) is 13.8 Å². The molecule has 118 valence electrons. The Labute approximate surface area is 138 Å². The molecule has 0 heterocycles. The number of halogens is 2. The third kappa shape index (κ3) is 5.60. The van der Waals surface area contributed by atoms with E-state index in [-0.39, 0.29) is 22.5 Å². The van der Waals surface area contributed by atoms with E-state index in [1.165, 1.54) is 12.1 Å². The lowest BCUT2D eigenvalue weighted by atomic mass is 9.93. The number of rotatable bonds is 4. The number of esters is 1. The Hall–Kier alpha value is -0.590. The molecule has 1 rings (SSSR count). The van der Waals surface area contributed by atoms with E-state index >= 15 is 0 Å². The Morgan fingerprint density at radius 3 is 2.38 bits per heavy atom. The molecule has 0 spiro atoms. The quantitative estimate of drug-likeness (QED) is 0.562. The molecule has 4 nitrogen and oxygen atoms in total. The summed E-state index contributed by atoms with van der Waals surface area (Å²) in [6.07, 6.45) is 0.715. The number of hydrogen-bond acceptors (Lipinski definition) is 4. The van der Waals surface area contributed by atoms with Crippen LogP contribution in [0, 0.1) is 12.3 Å². The zero-order chi connectivity index (χ0) is 16.4. The highest BCUT2D eigenvalue weighted by molar-refractivity contribution is 9.10. The highest BCUT2D eigenvalue weighted by Gasteiger charge is 2.20. The molecule has 7 heteroatoms. The van der Waals surface area contributed by atoms with Gasteiger partial charge in [-0.05, 0) is 36.5 Å². The molecule has 0 fully saturated rings. The highest BCUT2D eigenvalue weighted by atomic mass is 79.9. The number of carbonyl (C=O) groups is 1. The van der Waals surface area contributed by atoms with Crippen molar-refractivity contribution in [3.8, 4) is 0 Å². The fourth-order valence-electron chi connectivity index (χ4n) is 1.56. The van der Waals surface area contributed by atoms with Gasteiger partial charge in [-0.3, -0.25) is 0 Å². The predicted molar refractivity (Wildman–Crippen MR) is 86.3 cm³/mol. The maximum absolute atomic E-state index is 12.0. The van der Waals surface area contributed by atoms with Crippen LogP contribution in [0.5, 0.6) is 0 Å². The molecule has 0 aliphatic heterocycles. The van der Waals surface area contributed by atoms with E-state index in [4.69, 9.17) is 15.4 Å². The third-order valence-corrected chi connectivity index (χ3v) is 5.15. The van der Waals surface area contributed by atoms with Crippen molar-refractivity contribution >= 4 is 41.6 Å². The molecule has 0 saturated heterocycles. The maximum Gasteiger partial charge on any atom is 0.338 e. The molecule has 0 aromatic heterocycles. The first-order valence-corrected chi connectivity index (χ1v) is 9.44. The predicted octanol–water partition coefficient (Wildman–Crippen LogP) is 4.28. The van der Waals surface area contributed by atoms with Crippen LogP contribution in [0.1, 0.15) is 43.1 Å². The summed E-state index contributed by atoms with van der Waals surface area (Å²) in [5.74, 6) is -0.568. The van der Waals surface area contributed by atoms with Gasteiger partial charge in [0.05, 0.1) is 17.1 Å². The molecule has 21 heavy (non-hydrogen) atoms. The molecule has 1 aromatic rings. The lowest BCUT2D eigenvalue weighted by Crippen LogP contribution is -2.13. The Morgan fingerprint density at radius 1 is 1.33 bits per heavy atom. The van der Waals surface area contributed by atoms with Crippen molar-refractivity contribution < 1.29 is 17.9 Å². The number of benzene rings is 1. The van der Waals surface area contributed by atoms with Gasteiger partial charge < -0.3 is 4.74 Å². The van der Waals surface area contributed by atoms with Crippen LogP contribution >= 0.6 is 26.6 Å². The summed E-state index contributed by atoms with van der Waals surface area (Å²) in [6, 6.07) is 2.77. The van der Waals surface area contributed by atoms with Gasteiger partial charge >= 0.3 is 5.97 Å². The van der Waals surface area contributed by atoms with Gasteiger partial charge in [-0.15, -0.1) is 0 Å². The fourth-order valence-corrected chi connectivity index (χ4v) is 3.37. The fraction of sp³-hybridized carbons (Fsp3) is 0.500. The molecule has 0 amide bonds. The normalized spacial score (nSPS) is 12.3. The van der Waals surface area contributed by atoms with Crippen molar-refractivity contribution in [1.82, 2.24) is 0 Å². The first-order valence-electron chi connectivity index (χ1n) is 6.34. The second kappa shape index (κ2) is 6.67. The molecule has 0 atom stereocenters. The Kier molecular flexibility index (Phi) is 5.86. The summed E-state index contributed by atoms with van der Waals surface area (Å²) in [5.41, 5.74) is 0.663. The molecular formula is C14H18BrClO4S. The van der Waals surface area contributed by atoms with Crippen LogP contribution in [0.2, 0.25) is 0 Å². The van der Waals surface area contributed by atoms with E-state index in [9.17, 15) is 13.2 Å². The largest absolute Gasteiger partial charge is 0.462 e. The Balaban J connectivity index is 2.99. The van der Waals surface area contributed by atoms with E-state index in [2.05, 4.69) is 15.9 Å². The average molecular weight is 398 g/mol. The topological polar surface area (TPSA) is 60.4 Å². The maximum atomic E-state index is 12.0. The molecule has 0 unspecified atom stereocenters.